The normalized spacial score (nSPS) is 21.0. The van der Waals surface area contributed by atoms with Crippen LogP contribution in [0.4, 0.5) is 0 Å². The van der Waals surface area contributed by atoms with Crippen LogP contribution < -0.4 is 0 Å². The van der Waals surface area contributed by atoms with Crippen molar-refractivity contribution < 1.29 is 13.2 Å². The first kappa shape index (κ1) is 13.3. The molecule has 0 aliphatic heterocycles. The van der Waals surface area contributed by atoms with Gasteiger partial charge in [-0.15, -0.1) is 0 Å². The van der Waals surface area contributed by atoms with Gasteiger partial charge in [-0.25, -0.2) is 8.42 Å². The second kappa shape index (κ2) is 4.84. The summed E-state index contributed by atoms with van der Waals surface area (Å²) in [7, 11) is -3.37. The van der Waals surface area contributed by atoms with Crippen LogP contribution in [0.3, 0.4) is 0 Å². The number of carbonyl (C=O) groups excluding carboxylic acids is 1. The zero-order valence-corrected chi connectivity index (χ0v) is 11.6. The maximum Gasteiger partial charge on any atom is 0.181 e. The lowest BCUT2D eigenvalue weighted by Gasteiger charge is -2.22. The highest BCUT2D eigenvalue weighted by atomic mass is 32.2. The summed E-state index contributed by atoms with van der Waals surface area (Å²) in [4.78, 5) is 11.8. The van der Waals surface area contributed by atoms with E-state index >= 15 is 0 Å². The fourth-order valence-corrected chi connectivity index (χ4v) is 4.55. The Labute approximate surface area is 108 Å². The molecule has 0 radical (unpaired) electrons. The summed E-state index contributed by atoms with van der Waals surface area (Å²) < 4.78 is 25.1. The van der Waals surface area contributed by atoms with Crippen molar-refractivity contribution in [1.82, 2.24) is 0 Å². The molecule has 0 heterocycles. The van der Waals surface area contributed by atoms with Crippen molar-refractivity contribution in [3.05, 3.63) is 29.3 Å². The molecule has 2 rings (SSSR count). The molecule has 98 valence electrons. The fraction of sp³-hybridized carbons (Fsp3) is 0.500. The number of ketones is 1. The predicted molar refractivity (Wildman–Crippen MR) is 70.4 cm³/mol. The maximum absolute atomic E-state index is 12.6. The molecule has 0 saturated heterocycles. The standard InChI is InChI=1S/C14H18O3S/c1-10-6-7-11(2)14(8-10)18(16,17)13-5-3-4-12(15)9-13/h6-8,13H,3-5,9H2,1-2H3. The van der Waals surface area contributed by atoms with E-state index in [0.29, 0.717) is 24.2 Å². The van der Waals surface area contributed by atoms with Gasteiger partial charge in [0.05, 0.1) is 10.1 Å². The predicted octanol–water partition coefficient (Wildman–Crippen LogP) is 2.59. The van der Waals surface area contributed by atoms with Crippen molar-refractivity contribution in [2.75, 3.05) is 0 Å². The molecule has 0 aromatic heterocycles. The van der Waals surface area contributed by atoms with E-state index in [4.69, 9.17) is 0 Å². The van der Waals surface area contributed by atoms with Crippen molar-refractivity contribution in [3.63, 3.8) is 0 Å². The lowest BCUT2D eigenvalue weighted by molar-refractivity contribution is -0.120. The summed E-state index contributed by atoms with van der Waals surface area (Å²) in [6, 6.07) is 5.44. The number of Topliss-reactive ketones (excluding diaryl/α,β-unsaturated/α-hetero) is 1. The van der Waals surface area contributed by atoms with Crippen molar-refractivity contribution >= 4 is 15.6 Å². The third-order valence-electron chi connectivity index (χ3n) is 3.53. The third kappa shape index (κ3) is 2.48. The summed E-state index contributed by atoms with van der Waals surface area (Å²) in [5, 5.41) is -0.528. The minimum absolute atomic E-state index is 0.0696. The molecule has 1 saturated carbocycles. The molecule has 1 aliphatic rings. The summed E-state index contributed by atoms with van der Waals surface area (Å²) in [6.45, 7) is 3.68. The summed E-state index contributed by atoms with van der Waals surface area (Å²) in [5.74, 6) is 0.0696. The van der Waals surface area contributed by atoms with Gasteiger partial charge in [-0.1, -0.05) is 12.1 Å². The van der Waals surface area contributed by atoms with Gasteiger partial charge in [0.2, 0.25) is 0 Å². The highest BCUT2D eigenvalue weighted by Crippen LogP contribution is 2.29. The number of hydrogen-bond donors (Lipinski definition) is 0. The van der Waals surface area contributed by atoms with Crippen LogP contribution in [-0.4, -0.2) is 19.5 Å². The van der Waals surface area contributed by atoms with Gasteiger partial charge in [-0.3, -0.25) is 4.79 Å². The molecule has 0 spiro atoms. The quantitative estimate of drug-likeness (QED) is 0.826. The van der Waals surface area contributed by atoms with Gasteiger partial charge in [0, 0.05) is 12.8 Å². The summed E-state index contributed by atoms with van der Waals surface area (Å²) in [5.41, 5.74) is 1.69. The van der Waals surface area contributed by atoms with Gasteiger partial charge in [-0.2, -0.15) is 0 Å². The van der Waals surface area contributed by atoms with Crippen molar-refractivity contribution in [1.29, 1.82) is 0 Å². The molecule has 4 heteroatoms. The van der Waals surface area contributed by atoms with Gasteiger partial charge in [-0.05, 0) is 43.9 Å². The number of hydrogen-bond acceptors (Lipinski definition) is 3. The molecule has 3 nitrogen and oxygen atoms in total. The van der Waals surface area contributed by atoms with Crippen LogP contribution in [0, 0.1) is 13.8 Å². The van der Waals surface area contributed by atoms with Crippen molar-refractivity contribution in [2.24, 2.45) is 0 Å². The van der Waals surface area contributed by atoms with E-state index in [2.05, 4.69) is 0 Å². The Morgan fingerprint density at radius 1 is 1.22 bits per heavy atom. The second-order valence-corrected chi connectivity index (χ2v) is 7.27. The molecule has 1 aromatic carbocycles. The van der Waals surface area contributed by atoms with Crippen LogP contribution in [0.2, 0.25) is 0 Å². The molecule has 0 bridgehead atoms. The van der Waals surface area contributed by atoms with E-state index in [0.717, 1.165) is 11.1 Å². The largest absolute Gasteiger partial charge is 0.300 e. The molecular formula is C14H18O3S. The average Bonchev–Trinajstić information content (AvgIpc) is 2.32. The number of aryl methyl sites for hydroxylation is 2. The molecule has 1 unspecified atom stereocenters. The molecule has 0 amide bonds. The van der Waals surface area contributed by atoms with Crippen LogP contribution in [0.5, 0.6) is 0 Å². The van der Waals surface area contributed by atoms with Crippen LogP contribution in [-0.2, 0) is 14.6 Å². The van der Waals surface area contributed by atoms with Crippen LogP contribution in [0.25, 0.3) is 0 Å². The smallest absolute Gasteiger partial charge is 0.181 e. The summed E-state index contributed by atoms with van der Waals surface area (Å²) in [6.07, 6.45) is 1.99. The molecule has 18 heavy (non-hydrogen) atoms. The number of rotatable bonds is 2. The van der Waals surface area contributed by atoms with Gasteiger partial charge in [0.1, 0.15) is 5.78 Å². The monoisotopic (exact) mass is 266 g/mol. The Morgan fingerprint density at radius 3 is 2.61 bits per heavy atom. The van der Waals surface area contributed by atoms with E-state index in [1.165, 1.54) is 0 Å². The van der Waals surface area contributed by atoms with Crippen LogP contribution in [0.15, 0.2) is 23.1 Å². The zero-order chi connectivity index (χ0) is 13.3. The van der Waals surface area contributed by atoms with E-state index in [9.17, 15) is 13.2 Å². The second-order valence-electron chi connectivity index (χ2n) is 5.07. The molecule has 1 aromatic rings. The van der Waals surface area contributed by atoms with Crippen molar-refractivity contribution in [2.45, 2.75) is 49.7 Å². The first-order chi connectivity index (χ1) is 8.41. The fourth-order valence-electron chi connectivity index (χ4n) is 2.44. The van der Waals surface area contributed by atoms with E-state index < -0.39 is 15.1 Å². The molecule has 0 N–H and O–H groups in total. The van der Waals surface area contributed by atoms with Gasteiger partial charge < -0.3 is 0 Å². The molecular weight excluding hydrogens is 248 g/mol. The Morgan fingerprint density at radius 2 is 1.94 bits per heavy atom. The van der Waals surface area contributed by atoms with Gasteiger partial charge in [0.25, 0.3) is 0 Å². The van der Waals surface area contributed by atoms with Crippen molar-refractivity contribution in [3.8, 4) is 0 Å². The molecule has 1 atom stereocenters. The highest BCUT2D eigenvalue weighted by Gasteiger charge is 2.32. The average molecular weight is 266 g/mol. The lowest BCUT2D eigenvalue weighted by Crippen LogP contribution is -2.28. The number of sulfone groups is 1. The Bertz CT molecular complexity index is 573. The topological polar surface area (TPSA) is 51.2 Å². The summed E-state index contributed by atoms with van der Waals surface area (Å²) >= 11 is 0. The highest BCUT2D eigenvalue weighted by molar-refractivity contribution is 7.92. The van der Waals surface area contributed by atoms with E-state index in [-0.39, 0.29) is 12.2 Å². The molecule has 1 fully saturated rings. The Hall–Kier alpha value is -1.16. The number of benzene rings is 1. The van der Waals surface area contributed by atoms with Gasteiger partial charge >= 0.3 is 0 Å². The minimum Gasteiger partial charge on any atom is -0.300 e. The van der Waals surface area contributed by atoms with E-state index in [1.54, 1.807) is 13.0 Å². The minimum atomic E-state index is -3.37. The lowest BCUT2D eigenvalue weighted by atomic mass is 9.99. The van der Waals surface area contributed by atoms with Crippen LogP contribution >= 0.6 is 0 Å². The Kier molecular flexibility index (Phi) is 3.57. The first-order valence-corrected chi connectivity index (χ1v) is 7.79. The number of carbonyl (C=O) groups is 1. The SMILES string of the molecule is Cc1ccc(C)c(S(=O)(=O)C2CCCC(=O)C2)c1. The maximum atomic E-state index is 12.6. The van der Waals surface area contributed by atoms with Crippen LogP contribution in [0.1, 0.15) is 36.8 Å². The third-order valence-corrected chi connectivity index (χ3v) is 5.86. The first-order valence-electron chi connectivity index (χ1n) is 6.24. The van der Waals surface area contributed by atoms with E-state index in [1.807, 2.05) is 19.1 Å². The van der Waals surface area contributed by atoms with Gasteiger partial charge in [0.15, 0.2) is 9.84 Å². The molecule has 1 aliphatic carbocycles. The zero-order valence-electron chi connectivity index (χ0n) is 10.8. The Balaban J connectivity index is 2.41.